The molecule has 7 nitrogen and oxygen atoms in total. The van der Waals surface area contributed by atoms with Gasteiger partial charge in [0.2, 0.25) is 0 Å². The van der Waals surface area contributed by atoms with Crippen molar-refractivity contribution in [2.75, 3.05) is 5.32 Å². The van der Waals surface area contributed by atoms with Crippen molar-refractivity contribution in [2.45, 2.75) is 0 Å². The third-order valence-electron chi connectivity index (χ3n) is 2.33. The molecule has 0 spiro atoms. The van der Waals surface area contributed by atoms with Crippen LogP contribution in [0.3, 0.4) is 0 Å². The van der Waals surface area contributed by atoms with Crippen LogP contribution in [0.2, 0.25) is 0 Å². The number of furan rings is 1. The van der Waals surface area contributed by atoms with Crippen LogP contribution in [0.1, 0.15) is 10.5 Å². The fourth-order valence-corrected chi connectivity index (χ4v) is 1.81. The van der Waals surface area contributed by atoms with Crippen LogP contribution in [-0.4, -0.2) is 21.1 Å². The van der Waals surface area contributed by atoms with Crippen LogP contribution in [0.15, 0.2) is 50.0 Å². The number of nitrogens with one attached hydrogen (secondary N) is 1. The van der Waals surface area contributed by atoms with E-state index in [4.69, 9.17) is 8.83 Å². The SMILES string of the molecule is O=C(Nc1nnc(-c2ccco2)o1)c1cccc(Br)n1. The van der Waals surface area contributed by atoms with Gasteiger partial charge in [-0.2, -0.15) is 0 Å². The Bertz CT molecular complexity index is 739. The molecule has 0 atom stereocenters. The van der Waals surface area contributed by atoms with Gasteiger partial charge in [-0.05, 0) is 40.2 Å². The first kappa shape index (κ1) is 12.5. The van der Waals surface area contributed by atoms with Gasteiger partial charge in [0.15, 0.2) is 5.76 Å². The van der Waals surface area contributed by atoms with Crippen LogP contribution in [-0.2, 0) is 0 Å². The molecule has 0 saturated heterocycles. The summed E-state index contributed by atoms with van der Waals surface area (Å²) in [7, 11) is 0. The predicted molar refractivity (Wildman–Crippen MR) is 71.9 cm³/mol. The third kappa shape index (κ3) is 2.59. The van der Waals surface area contributed by atoms with Crippen LogP contribution in [0.25, 0.3) is 11.7 Å². The number of aromatic nitrogens is 3. The highest BCUT2D eigenvalue weighted by molar-refractivity contribution is 9.10. The first-order valence-electron chi connectivity index (χ1n) is 5.53. The average molecular weight is 335 g/mol. The quantitative estimate of drug-likeness (QED) is 0.740. The summed E-state index contributed by atoms with van der Waals surface area (Å²) >= 11 is 3.19. The Morgan fingerprint density at radius 3 is 2.85 bits per heavy atom. The number of amides is 1. The zero-order valence-corrected chi connectivity index (χ0v) is 11.5. The summed E-state index contributed by atoms with van der Waals surface area (Å²) in [4.78, 5) is 15.9. The van der Waals surface area contributed by atoms with Gasteiger partial charge in [0.25, 0.3) is 11.8 Å². The molecule has 0 bridgehead atoms. The molecule has 0 aromatic carbocycles. The lowest BCUT2D eigenvalue weighted by atomic mass is 10.3. The Balaban J connectivity index is 1.77. The van der Waals surface area contributed by atoms with Gasteiger partial charge < -0.3 is 8.83 Å². The number of anilines is 1. The summed E-state index contributed by atoms with van der Waals surface area (Å²) in [5.41, 5.74) is 0.233. The van der Waals surface area contributed by atoms with Gasteiger partial charge >= 0.3 is 6.01 Å². The van der Waals surface area contributed by atoms with Crippen molar-refractivity contribution < 1.29 is 13.6 Å². The molecule has 100 valence electrons. The molecular weight excluding hydrogens is 328 g/mol. The van der Waals surface area contributed by atoms with Crippen molar-refractivity contribution in [2.24, 2.45) is 0 Å². The van der Waals surface area contributed by atoms with Gasteiger partial charge in [0, 0.05) is 0 Å². The Hall–Kier alpha value is -2.48. The molecule has 0 saturated carbocycles. The molecule has 0 unspecified atom stereocenters. The summed E-state index contributed by atoms with van der Waals surface area (Å²) in [5.74, 6) is 0.173. The molecule has 0 radical (unpaired) electrons. The molecule has 0 aliphatic rings. The minimum absolute atomic E-state index is 0.0248. The number of nitrogens with zero attached hydrogens (tertiary/aromatic N) is 3. The molecule has 0 aliphatic heterocycles. The van der Waals surface area contributed by atoms with Crippen molar-refractivity contribution in [3.63, 3.8) is 0 Å². The second kappa shape index (κ2) is 5.25. The maximum absolute atomic E-state index is 11.9. The van der Waals surface area contributed by atoms with E-state index in [1.54, 1.807) is 30.3 Å². The fraction of sp³-hybridized carbons (Fsp3) is 0. The third-order valence-corrected chi connectivity index (χ3v) is 2.77. The molecule has 0 aliphatic carbocycles. The van der Waals surface area contributed by atoms with Gasteiger partial charge in [-0.3, -0.25) is 10.1 Å². The average Bonchev–Trinajstić information content (AvgIpc) is 3.08. The zero-order valence-electron chi connectivity index (χ0n) is 9.91. The van der Waals surface area contributed by atoms with E-state index >= 15 is 0 Å². The molecular formula is C12H7BrN4O3. The summed E-state index contributed by atoms with van der Waals surface area (Å²) in [5, 5.41) is 9.94. The Kier molecular flexibility index (Phi) is 3.30. The lowest BCUT2D eigenvalue weighted by Crippen LogP contribution is -2.13. The Labute approximate surface area is 121 Å². The van der Waals surface area contributed by atoms with E-state index in [2.05, 4.69) is 36.4 Å². The van der Waals surface area contributed by atoms with Gasteiger partial charge in [-0.25, -0.2) is 4.98 Å². The van der Waals surface area contributed by atoms with E-state index in [9.17, 15) is 4.79 Å². The van der Waals surface area contributed by atoms with E-state index in [0.29, 0.717) is 10.4 Å². The standard InChI is InChI=1S/C12H7BrN4O3/c13-9-5-1-3-7(14-9)10(18)15-12-17-16-11(20-12)8-4-2-6-19-8/h1-6H,(H,15,17,18). The van der Waals surface area contributed by atoms with E-state index in [0.717, 1.165) is 0 Å². The number of carbonyl (C=O) groups excluding carboxylic acids is 1. The summed E-state index contributed by atoms with van der Waals surface area (Å²) < 4.78 is 10.9. The smallest absolute Gasteiger partial charge is 0.322 e. The number of carbonyl (C=O) groups is 1. The normalized spacial score (nSPS) is 10.4. The second-order valence-corrected chi connectivity index (χ2v) is 4.50. The minimum atomic E-state index is -0.444. The van der Waals surface area contributed by atoms with Crippen LogP contribution in [0.4, 0.5) is 6.01 Å². The Morgan fingerprint density at radius 2 is 2.10 bits per heavy atom. The van der Waals surface area contributed by atoms with E-state index in [-0.39, 0.29) is 17.6 Å². The van der Waals surface area contributed by atoms with Gasteiger partial charge in [-0.15, -0.1) is 5.10 Å². The topological polar surface area (TPSA) is 94.1 Å². The van der Waals surface area contributed by atoms with Gasteiger partial charge in [0.1, 0.15) is 10.3 Å². The molecule has 1 amide bonds. The summed E-state index contributed by atoms with van der Waals surface area (Å²) in [6.45, 7) is 0. The van der Waals surface area contributed by atoms with Crippen LogP contribution >= 0.6 is 15.9 Å². The van der Waals surface area contributed by atoms with E-state index in [1.807, 2.05) is 0 Å². The Morgan fingerprint density at radius 1 is 1.20 bits per heavy atom. The zero-order chi connectivity index (χ0) is 13.9. The number of pyridine rings is 1. The van der Waals surface area contributed by atoms with Crippen molar-refractivity contribution in [1.82, 2.24) is 15.2 Å². The van der Waals surface area contributed by atoms with Crippen LogP contribution < -0.4 is 5.32 Å². The lowest BCUT2D eigenvalue weighted by molar-refractivity contribution is 0.101. The van der Waals surface area contributed by atoms with Crippen molar-refractivity contribution in [3.8, 4) is 11.7 Å². The van der Waals surface area contributed by atoms with Crippen LogP contribution in [0, 0.1) is 0 Å². The molecule has 3 rings (SSSR count). The first-order valence-corrected chi connectivity index (χ1v) is 6.33. The van der Waals surface area contributed by atoms with Gasteiger partial charge in [0.05, 0.1) is 6.26 Å². The van der Waals surface area contributed by atoms with Gasteiger partial charge in [-0.1, -0.05) is 11.2 Å². The molecule has 0 fully saturated rings. The molecule has 3 heterocycles. The highest BCUT2D eigenvalue weighted by Crippen LogP contribution is 2.20. The maximum atomic E-state index is 11.9. The van der Waals surface area contributed by atoms with Crippen molar-refractivity contribution in [3.05, 3.63) is 46.9 Å². The largest absolute Gasteiger partial charge is 0.459 e. The van der Waals surface area contributed by atoms with E-state index in [1.165, 1.54) is 6.26 Å². The molecule has 8 heteroatoms. The number of rotatable bonds is 3. The molecule has 3 aromatic heterocycles. The predicted octanol–water partition coefficient (Wildman–Crippen LogP) is 2.74. The van der Waals surface area contributed by atoms with Crippen LogP contribution in [0.5, 0.6) is 0 Å². The number of hydrogen-bond acceptors (Lipinski definition) is 6. The minimum Gasteiger partial charge on any atom is -0.459 e. The number of halogens is 1. The summed E-state index contributed by atoms with van der Waals surface area (Å²) in [6, 6.07) is 8.34. The molecule has 1 N–H and O–H groups in total. The second-order valence-electron chi connectivity index (χ2n) is 3.69. The van der Waals surface area contributed by atoms with Crippen molar-refractivity contribution in [1.29, 1.82) is 0 Å². The highest BCUT2D eigenvalue weighted by Gasteiger charge is 2.14. The number of hydrogen-bond donors (Lipinski definition) is 1. The highest BCUT2D eigenvalue weighted by atomic mass is 79.9. The summed E-state index contributed by atoms with van der Waals surface area (Å²) in [6.07, 6.45) is 1.49. The first-order chi connectivity index (χ1) is 9.72. The lowest BCUT2D eigenvalue weighted by Gasteiger charge is -1.99. The molecule has 20 heavy (non-hydrogen) atoms. The van der Waals surface area contributed by atoms with Crippen molar-refractivity contribution >= 4 is 27.9 Å². The molecule has 3 aromatic rings. The van der Waals surface area contributed by atoms with E-state index < -0.39 is 5.91 Å². The fourth-order valence-electron chi connectivity index (χ4n) is 1.47. The monoisotopic (exact) mass is 334 g/mol. The maximum Gasteiger partial charge on any atom is 0.322 e.